The number of aryl methyl sites for hydroxylation is 1. The van der Waals surface area contributed by atoms with Crippen LogP contribution in [0.2, 0.25) is 5.02 Å². The molecular formula is C16H18ClN5O5S. The molecule has 0 radical (unpaired) electrons. The van der Waals surface area contributed by atoms with Crippen molar-refractivity contribution in [2.45, 2.75) is 11.4 Å². The molecule has 12 heteroatoms. The first-order chi connectivity index (χ1) is 13.2. The molecule has 28 heavy (non-hydrogen) atoms. The molecule has 1 aromatic heterocycles. The Morgan fingerprint density at radius 1 is 1.25 bits per heavy atom. The minimum Gasteiger partial charge on any atom is -0.339 e. The predicted molar refractivity (Wildman–Crippen MR) is 101 cm³/mol. The summed E-state index contributed by atoms with van der Waals surface area (Å²) >= 11 is 5.90. The zero-order valence-electron chi connectivity index (χ0n) is 15.0. The number of hydrogen-bond donors (Lipinski definition) is 0. The zero-order chi connectivity index (χ0) is 20.5. The molecule has 0 atom stereocenters. The van der Waals surface area contributed by atoms with Crippen molar-refractivity contribution >= 4 is 33.2 Å². The van der Waals surface area contributed by atoms with Gasteiger partial charge in [0.1, 0.15) is 5.56 Å². The first-order valence-corrected chi connectivity index (χ1v) is 10.2. The van der Waals surface area contributed by atoms with Crippen LogP contribution < -0.4 is 0 Å². The van der Waals surface area contributed by atoms with Gasteiger partial charge in [0.25, 0.3) is 21.6 Å². The van der Waals surface area contributed by atoms with Gasteiger partial charge >= 0.3 is 0 Å². The van der Waals surface area contributed by atoms with Gasteiger partial charge in [-0.15, -0.1) is 0 Å². The Kier molecular flexibility index (Phi) is 5.68. The molecule has 1 saturated heterocycles. The summed E-state index contributed by atoms with van der Waals surface area (Å²) in [5.41, 5.74) is -0.449. The fourth-order valence-corrected chi connectivity index (χ4v) is 4.61. The van der Waals surface area contributed by atoms with Crippen LogP contribution in [0.25, 0.3) is 0 Å². The molecule has 0 N–H and O–H groups in total. The van der Waals surface area contributed by atoms with Crippen molar-refractivity contribution in [3.05, 3.63) is 51.4 Å². The standard InChI is InChI=1S/C16H18ClN5O5S/c1-19-10-15(18-11-19)28(26,27)21-6-2-5-20(7-8-21)16(23)13-9-12(17)3-4-14(13)22(24)25/h3-4,9-11H,2,5-8H2,1H3. The minimum atomic E-state index is -3.77. The second-order valence-electron chi connectivity index (χ2n) is 6.35. The molecule has 10 nitrogen and oxygen atoms in total. The van der Waals surface area contributed by atoms with Gasteiger partial charge in [-0.05, 0) is 18.6 Å². The Balaban J connectivity index is 1.80. The highest BCUT2D eigenvalue weighted by Crippen LogP contribution is 2.25. The van der Waals surface area contributed by atoms with Crippen LogP contribution in [0.5, 0.6) is 0 Å². The molecule has 0 saturated carbocycles. The summed E-state index contributed by atoms with van der Waals surface area (Å²) in [6.45, 7) is 0.671. The number of benzene rings is 1. The lowest BCUT2D eigenvalue weighted by molar-refractivity contribution is -0.385. The summed E-state index contributed by atoms with van der Waals surface area (Å²) in [6, 6.07) is 3.79. The van der Waals surface area contributed by atoms with Gasteiger partial charge in [-0.25, -0.2) is 13.4 Å². The van der Waals surface area contributed by atoms with Gasteiger partial charge in [-0.3, -0.25) is 14.9 Å². The fourth-order valence-electron chi connectivity index (χ4n) is 3.00. The average molecular weight is 428 g/mol. The van der Waals surface area contributed by atoms with E-state index in [-0.39, 0.29) is 47.5 Å². The van der Waals surface area contributed by atoms with Gasteiger partial charge in [0.2, 0.25) is 0 Å². The van der Waals surface area contributed by atoms with Gasteiger partial charge < -0.3 is 9.47 Å². The van der Waals surface area contributed by atoms with E-state index in [1.54, 1.807) is 11.6 Å². The van der Waals surface area contributed by atoms with E-state index in [0.717, 1.165) is 0 Å². The Morgan fingerprint density at radius 2 is 2.00 bits per heavy atom. The monoisotopic (exact) mass is 427 g/mol. The highest BCUT2D eigenvalue weighted by atomic mass is 35.5. The van der Waals surface area contributed by atoms with E-state index in [1.165, 1.54) is 39.9 Å². The maximum Gasteiger partial charge on any atom is 0.282 e. The second-order valence-corrected chi connectivity index (χ2v) is 8.67. The third-order valence-corrected chi connectivity index (χ3v) is 6.43. The first-order valence-electron chi connectivity index (χ1n) is 8.41. The van der Waals surface area contributed by atoms with Crippen LogP contribution in [-0.4, -0.2) is 64.2 Å². The number of sulfonamides is 1. The van der Waals surface area contributed by atoms with Crippen LogP contribution in [0.15, 0.2) is 35.7 Å². The molecule has 1 aliphatic rings. The number of nitro groups is 1. The van der Waals surface area contributed by atoms with Crippen LogP contribution >= 0.6 is 11.6 Å². The molecule has 0 spiro atoms. The fraction of sp³-hybridized carbons (Fsp3) is 0.375. The normalized spacial score (nSPS) is 16.0. The average Bonchev–Trinajstić information content (AvgIpc) is 2.93. The summed E-state index contributed by atoms with van der Waals surface area (Å²) in [7, 11) is -2.10. The van der Waals surface area contributed by atoms with Crippen molar-refractivity contribution in [3.63, 3.8) is 0 Å². The Labute approximate surface area is 166 Å². The smallest absolute Gasteiger partial charge is 0.282 e. The molecular weight excluding hydrogens is 410 g/mol. The lowest BCUT2D eigenvalue weighted by Crippen LogP contribution is -2.37. The number of amides is 1. The molecule has 2 aromatic rings. The largest absolute Gasteiger partial charge is 0.339 e. The summed E-state index contributed by atoms with van der Waals surface area (Å²) < 4.78 is 28.3. The number of hydrogen-bond acceptors (Lipinski definition) is 6. The van der Waals surface area contributed by atoms with E-state index in [9.17, 15) is 23.3 Å². The van der Waals surface area contributed by atoms with E-state index < -0.39 is 20.9 Å². The van der Waals surface area contributed by atoms with Crippen LogP contribution in [0, 0.1) is 10.1 Å². The molecule has 1 aliphatic heterocycles. The topological polar surface area (TPSA) is 119 Å². The lowest BCUT2D eigenvalue weighted by Gasteiger charge is -2.21. The Hall–Kier alpha value is -2.50. The van der Waals surface area contributed by atoms with E-state index in [2.05, 4.69) is 4.98 Å². The molecule has 0 aliphatic carbocycles. The lowest BCUT2D eigenvalue weighted by atomic mass is 10.1. The van der Waals surface area contributed by atoms with Gasteiger partial charge in [-0.2, -0.15) is 4.31 Å². The quantitative estimate of drug-likeness (QED) is 0.539. The number of nitrogens with zero attached hydrogens (tertiary/aromatic N) is 5. The second kappa shape index (κ2) is 7.86. The Morgan fingerprint density at radius 3 is 2.64 bits per heavy atom. The van der Waals surface area contributed by atoms with Crippen LogP contribution in [-0.2, 0) is 17.1 Å². The summed E-state index contributed by atoms with van der Waals surface area (Å²) in [4.78, 5) is 28.7. The maximum atomic E-state index is 12.8. The van der Waals surface area contributed by atoms with Crippen molar-refractivity contribution in [2.75, 3.05) is 26.2 Å². The van der Waals surface area contributed by atoms with Gasteiger partial charge in [-0.1, -0.05) is 11.6 Å². The molecule has 150 valence electrons. The van der Waals surface area contributed by atoms with E-state index in [0.29, 0.717) is 6.42 Å². The summed E-state index contributed by atoms with van der Waals surface area (Å²) in [5.74, 6) is -0.550. The first kappa shape index (κ1) is 20.2. The van der Waals surface area contributed by atoms with Crippen LogP contribution in [0.1, 0.15) is 16.8 Å². The number of aromatic nitrogens is 2. The molecule has 1 amide bonds. The molecule has 2 heterocycles. The summed E-state index contributed by atoms with van der Waals surface area (Å²) in [6.07, 6.45) is 3.21. The third-order valence-electron chi connectivity index (χ3n) is 4.41. The SMILES string of the molecule is Cn1cnc(S(=O)(=O)N2CCCN(C(=O)c3cc(Cl)ccc3[N+](=O)[O-])CC2)c1. The molecule has 1 fully saturated rings. The molecule has 0 unspecified atom stereocenters. The number of nitro benzene ring substituents is 1. The molecule has 3 rings (SSSR count). The number of halogens is 1. The van der Waals surface area contributed by atoms with E-state index >= 15 is 0 Å². The number of carbonyl (C=O) groups is 1. The number of carbonyl (C=O) groups excluding carboxylic acids is 1. The van der Waals surface area contributed by atoms with Gasteiger partial charge in [0.05, 0.1) is 11.3 Å². The molecule has 0 bridgehead atoms. The minimum absolute atomic E-state index is 0.0553. The highest BCUT2D eigenvalue weighted by Gasteiger charge is 2.31. The maximum absolute atomic E-state index is 12.8. The molecule has 1 aromatic carbocycles. The van der Waals surface area contributed by atoms with Crippen LogP contribution in [0.3, 0.4) is 0 Å². The van der Waals surface area contributed by atoms with Crippen molar-refractivity contribution in [1.29, 1.82) is 0 Å². The predicted octanol–water partition coefficient (Wildman–Crippen LogP) is 1.52. The van der Waals surface area contributed by atoms with Gasteiger partial charge in [0, 0.05) is 50.5 Å². The van der Waals surface area contributed by atoms with Crippen LogP contribution in [0.4, 0.5) is 5.69 Å². The van der Waals surface area contributed by atoms with Crippen molar-refractivity contribution in [2.24, 2.45) is 7.05 Å². The zero-order valence-corrected chi connectivity index (χ0v) is 16.6. The third kappa shape index (κ3) is 4.01. The highest BCUT2D eigenvalue weighted by molar-refractivity contribution is 7.89. The number of rotatable bonds is 4. The number of imidazole rings is 1. The summed E-state index contributed by atoms with van der Waals surface area (Å²) in [5, 5.41) is 11.4. The Bertz CT molecular complexity index is 1020. The van der Waals surface area contributed by atoms with Crippen molar-refractivity contribution in [3.8, 4) is 0 Å². The van der Waals surface area contributed by atoms with Gasteiger partial charge in [0.15, 0.2) is 5.03 Å². The van der Waals surface area contributed by atoms with Crippen molar-refractivity contribution < 1.29 is 18.1 Å². The van der Waals surface area contributed by atoms with E-state index in [1.807, 2.05) is 0 Å². The van der Waals surface area contributed by atoms with Crippen molar-refractivity contribution in [1.82, 2.24) is 18.8 Å². The van der Waals surface area contributed by atoms with E-state index in [4.69, 9.17) is 11.6 Å².